The molecule has 1 aromatic heterocycles. The van der Waals surface area contributed by atoms with Gasteiger partial charge in [0.15, 0.2) is 10.9 Å². The lowest BCUT2D eigenvalue weighted by atomic mass is 10.4. The minimum Gasteiger partial charge on any atom is -0.348 e. The highest BCUT2D eigenvalue weighted by Crippen LogP contribution is 2.07. The number of nitrogens with zero attached hydrogens (tertiary/aromatic N) is 4. The van der Waals surface area contributed by atoms with Crippen molar-refractivity contribution in [2.75, 3.05) is 13.1 Å². The van der Waals surface area contributed by atoms with Crippen LogP contribution in [-0.4, -0.2) is 38.8 Å². The third-order valence-corrected chi connectivity index (χ3v) is 2.95. The van der Waals surface area contributed by atoms with Crippen molar-refractivity contribution in [3.05, 3.63) is 24.3 Å². The quantitative estimate of drug-likeness (QED) is 0.484. The molecule has 0 saturated carbocycles. The standard InChI is InChI=1S/C11H15N5S/c1-9(10-12-5-4-6-13-10)14-15-11(17)16-7-2-3-8-16/h4-6H,2-3,7-8H2,1H3,(H,15,17). The van der Waals surface area contributed by atoms with E-state index in [-0.39, 0.29) is 0 Å². The van der Waals surface area contributed by atoms with Gasteiger partial charge >= 0.3 is 0 Å². The second-order valence-corrected chi connectivity index (χ2v) is 4.27. The van der Waals surface area contributed by atoms with E-state index in [2.05, 4.69) is 25.4 Å². The first kappa shape index (κ1) is 11.9. The molecule has 2 heterocycles. The normalized spacial score (nSPS) is 16.1. The van der Waals surface area contributed by atoms with Crippen LogP contribution in [0.25, 0.3) is 0 Å². The Balaban J connectivity index is 1.94. The van der Waals surface area contributed by atoms with Crippen LogP contribution in [0.3, 0.4) is 0 Å². The Hall–Kier alpha value is -1.56. The molecule has 0 radical (unpaired) electrons. The van der Waals surface area contributed by atoms with Crippen LogP contribution in [0.5, 0.6) is 0 Å². The van der Waals surface area contributed by atoms with Crippen LogP contribution in [0, 0.1) is 0 Å². The largest absolute Gasteiger partial charge is 0.348 e. The number of likely N-dealkylation sites (tertiary alicyclic amines) is 1. The van der Waals surface area contributed by atoms with E-state index in [1.165, 1.54) is 12.8 Å². The van der Waals surface area contributed by atoms with Gasteiger partial charge in [-0.3, -0.25) is 5.43 Å². The summed E-state index contributed by atoms with van der Waals surface area (Å²) in [5.41, 5.74) is 3.62. The molecule has 1 aromatic rings. The van der Waals surface area contributed by atoms with Gasteiger partial charge in [0.1, 0.15) is 5.71 Å². The van der Waals surface area contributed by atoms with Gasteiger partial charge in [-0.15, -0.1) is 0 Å². The summed E-state index contributed by atoms with van der Waals surface area (Å²) in [5.74, 6) is 0.615. The molecule has 1 fully saturated rings. The molecule has 5 nitrogen and oxygen atoms in total. The number of nitrogens with one attached hydrogen (secondary N) is 1. The predicted molar refractivity (Wildman–Crippen MR) is 70.8 cm³/mol. The highest BCUT2D eigenvalue weighted by molar-refractivity contribution is 7.80. The topological polar surface area (TPSA) is 53.4 Å². The Morgan fingerprint density at radius 3 is 2.65 bits per heavy atom. The van der Waals surface area contributed by atoms with Gasteiger partial charge in [-0.1, -0.05) is 0 Å². The van der Waals surface area contributed by atoms with Crippen molar-refractivity contribution in [1.82, 2.24) is 20.3 Å². The van der Waals surface area contributed by atoms with Crippen LogP contribution in [0.1, 0.15) is 25.6 Å². The summed E-state index contributed by atoms with van der Waals surface area (Å²) in [6.07, 6.45) is 5.79. The summed E-state index contributed by atoms with van der Waals surface area (Å²) in [4.78, 5) is 10.4. The molecule has 6 heteroatoms. The molecule has 1 aliphatic heterocycles. The van der Waals surface area contributed by atoms with E-state index < -0.39 is 0 Å². The second-order valence-electron chi connectivity index (χ2n) is 3.88. The minimum absolute atomic E-state index is 0.615. The van der Waals surface area contributed by atoms with Gasteiger partial charge in [0.2, 0.25) is 0 Å². The van der Waals surface area contributed by atoms with Crippen LogP contribution < -0.4 is 5.43 Å². The third kappa shape index (κ3) is 3.20. The molecular weight excluding hydrogens is 234 g/mol. The Kier molecular flexibility index (Phi) is 3.98. The van der Waals surface area contributed by atoms with E-state index in [0.717, 1.165) is 18.8 Å². The van der Waals surface area contributed by atoms with Crippen LogP contribution in [-0.2, 0) is 0 Å². The Labute approximate surface area is 106 Å². The number of hydrogen-bond donors (Lipinski definition) is 1. The lowest BCUT2D eigenvalue weighted by Crippen LogP contribution is -2.35. The first-order valence-electron chi connectivity index (χ1n) is 5.64. The van der Waals surface area contributed by atoms with Gasteiger partial charge in [0.05, 0.1) is 0 Å². The van der Waals surface area contributed by atoms with Crippen molar-refractivity contribution in [3.8, 4) is 0 Å². The first-order valence-corrected chi connectivity index (χ1v) is 6.05. The maximum absolute atomic E-state index is 5.25. The molecule has 1 N–H and O–H groups in total. The molecule has 90 valence electrons. The summed E-state index contributed by atoms with van der Waals surface area (Å²) in [6.45, 7) is 3.89. The molecule has 1 saturated heterocycles. The number of rotatable bonds is 2. The van der Waals surface area contributed by atoms with Gasteiger partial charge in [0, 0.05) is 25.5 Å². The van der Waals surface area contributed by atoms with E-state index in [4.69, 9.17) is 12.2 Å². The Morgan fingerprint density at radius 2 is 2.00 bits per heavy atom. The van der Waals surface area contributed by atoms with Crippen molar-refractivity contribution in [1.29, 1.82) is 0 Å². The predicted octanol–water partition coefficient (Wildman–Crippen LogP) is 1.17. The van der Waals surface area contributed by atoms with Crippen molar-refractivity contribution >= 4 is 23.0 Å². The molecule has 1 aliphatic rings. The maximum atomic E-state index is 5.25. The molecule has 0 aromatic carbocycles. The van der Waals surface area contributed by atoms with E-state index in [1.54, 1.807) is 18.5 Å². The molecular formula is C11H15N5S. The van der Waals surface area contributed by atoms with Gasteiger partial charge in [0.25, 0.3) is 0 Å². The van der Waals surface area contributed by atoms with E-state index in [9.17, 15) is 0 Å². The SMILES string of the molecule is CC(=NNC(=S)N1CCCC1)c1ncccn1. The fraction of sp³-hybridized carbons (Fsp3) is 0.455. The van der Waals surface area contributed by atoms with Gasteiger partial charge < -0.3 is 4.90 Å². The molecule has 0 unspecified atom stereocenters. The molecule has 0 spiro atoms. The second kappa shape index (κ2) is 5.67. The molecule has 17 heavy (non-hydrogen) atoms. The number of thiocarbonyl (C=S) groups is 1. The summed E-state index contributed by atoms with van der Waals surface area (Å²) in [7, 11) is 0. The number of hydrogen-bond acceptors (Lipinski definition) is 4. The fourth-order valence-electron chi connectivity index (χ4n) is 1.66. The van der Waals surface area contributed by atoms with Crippen LogP contribution in [0.15, 0.2) is 23.6 Å². The average Bonchev–Trinajstić information content (AvgIpc) is 2.90. The maximum Gasteiger partial charge on any atom is 0.189 e. The number of aromatic nitrogens is 2. The molecule has 2 rings (SSSR count). The van der Waals surface area contributed by atoms with Crippen LogP contribution in [0.2, 0.25) is 0 Å². The van der Waals surface area contributed by atoms with Gasteiger partial charge in [-0.25, -0.2) is 9.97 Å². The highest BCUT2D eigenvalue weighted by Gasteiger charge is 2.14. The summed E-state index contributed by atoms with van der Waals surface area (Å²) in [6, 6.07) is 1.78. The molecule has 0 atom stereocenters. The molecule has 0 bridgehead atoms. The van der Waals surface area contributed by atoms with Crippen molar-refractivity contribution in [2.45, 2.75) is 19.8 Å². The zero-order valence-corrected chi connectivity index (χ0v) is 10.6. The Morgan fingerprint density at radius 1 is 1.35 bits per heavy atom. The smallest absolute Gasteiger partial charge is 0.189 e. The fourth-order valence-corrected chi connectivity index (χ4v) is 1.89. The van der Waals surface area contributed by atoms with E-state index in [1.807, 2.05) is 6.92 Å². The number of hydrazone groups is 1. The average molecular weight is 249 g/mol. The summed E-state index contributed by atoms with van der Waals surface area (Å²) < 4.78 is 0. The summed E-state index contributed by atoms with van der Waals surface area (Å²) in [5, 5.41) is 4.88. The zero-order chi connectivity index (χ0) is 12.1. The van der Waals surface area contributed by atoms with Crippen molar-refractivity contribution in [3.63, 3.8) is 0 Å². The van der Waals surface area contributed by atoms with Crippen molar-refractivity contribution < 1.29 is 0 Å². The van der Waals surface area contributed by atoms with Crippen molar-refractivity contribution in [2.24, 2.45) is 5.10 Å². The van der Waals surface area contributed by atoms with Crippen LogP contribution in [0.4, 0.5) is 0 Å². The lowest BCUT2D eigenvalue weighted by Gasteiger charge is -2.17. The van der Waals surface area contributed by atoms with Gasteiger partial charge in [-0.05, 0) is 38.0 Å². The molecule has 0 amide bonds. The highest BCUT2D eigenvalue weighted by atomic mass is 32.1. The molecule has 0 aliphatic carbocycles. The summed E-state index contributed by atoms with van der Waals surface area (Å²) >= 11 is 5.25. The van der Waals surface area contributed by atoms with E-state index >= 15 is 0 Å². The Bertz CT molecular complexity index is 411. The van der Waals surface area contributed by atoms with E-state index in [0.29, 0.717) is 10.9 Å². The van der Waals surface area contributed by atoms with Crippen LogP contribution >= 0.6 is 12.2 Å². The third-order valence-electron chi connectivity index (χ3n) is 2.60. The zero-order valence-electron chi connectivity index (χ0n) is 9.76. The first-order chi connectivity index (χ1) is 8.27. The van der Waals surface area contributed by atoms with Gasteiger partial charge in [-0.2, -0.15) is 5.10 Å². The lowest BCUT2D eigenvalue weighted by molar-refractivity contribution is 0.509. The monoisotopic (exact) mass is 249 g/mol. The minimum atomic E-state index is 0.615.